The second-order valence-corrected chi connectivity index (χ2v) is 4.07. The fraction of sp³-hybridized carbons (Fsp3) is 0.923. The van der Waals surface area contributed by atoms with Gasteiger partial charge in [0.25, 0.3) is 0 Å². The molecule has 0 atom stereocenters. The molecule has 0 aliphatic heterocycles. The first-order chi connectivity index (χ1) is 9.24. The zero-order valence-electron chi connectivity index (χ0n) is 12.4. The zero-order chi connectivity index (χ0) is 14.3. The molecular weight excluding hydrogens is 250 g/mol. The Balaban J connectivity index is 3.50. The van der Waals surface area contributed by atoms with Crippen molar-refractivity contribution in [1.82, 2.24) is 4.90 Å². The van der Waals surface area contributed by atoms with E-state index in [1.54, 1.807) is 7.11 Å². The summed E-state index contributed by atoms with van der Waals surface area (Å²) in [5.74, 6) is -0.212. The number of hydrogen-bond donors (Lipinski definition) is 0. The van der Waals surface area contributed by atoms with E-state index in [4.69, 9.17) is 14.2 Å². The molecule has 0 heterocycles. The van der Waals surface area contributed by atoms with Crippen LogP contribution in [0.1, 0.15) is 13.3 Å². The molecule has 114 valence electrons. The number of hydrogen-bond acceptors (Lipinski definition) is 6. The Hall–Kier alpha value is -0.690. The highest BCUT2D eigenvalue weighted by Crippen LogP contribution is 1.93. The molecule has 6 nitrogen and oxygen atoms in total. The molecule has 0 rings (SSSR count). The Bertz CT molecular complexity index is 213. The first-order valence-corrected chi connectivity index (χ1v) is 6.68. The maximum absolute atomic E-state index is 11.2. The van der Waals surface area contributed by atoms with Crippen molar-refractivity contribution < 1.29 is 23.7 Å². The van der Waals surface area contributed by atoms with E-state index in [2.05, 4.69) is 11.7 Å². The van der Waals surface area contributed by atoms with Gasteiger partial charge in [0.1, 0.15) is 0 Å². The van der Waals surface area contributed by atoms with Crippen molar-refractivity contribution in [3.8, 4) is 0 Å². The summed E-state index contributed by atoms with van der Waals surface area (Å²) in [6.45, 7) is 6.88. The van der Waals surface area contributed by atoms with Gasteiger partial charge in [-0.15, -0.1) is 0 Å². The van der Waals surface area contributed by atoms with Crippen LogP contribution in [-0.2, 0) is 23.7 Å². The van der Waals surface area contributed by atoms with Crippen molar-refractivity contribution >= 4 is 5.97 Å². The minimum absolute atomic E-state index is 0.212. The number of ether oxygens (including phenoxy) is 4. The van der Waals surface area contributed by atoms with E-state index in [1.807, 2.05) is 4.90 Å². The first kappa shape index (κ1) is 18.3. The van der Waals surface area contributed by atoms with E-state index in [1.165, 1.54) is 7.11 Å². The second-order valence-electron chi connectivity index (χ2n) is 4.07. The molecular formula is C13H27NO5. The topological polar surface area (TPSA) is 57.2 Å². The molecule has 0 unspecified atom stereocenters. The lowest BCUT2D eigenvalue weighted by Crippen LogP contribution is -2.34. The smallest absolute Gasteiger partial charge is 0.319 e. The molecule has 0 aromatic carbocycles. The highest BCUT2D eigenvalue weighted by molar-refractivity contribution is 5.71. The fourth-order valence-electron chi connectivity index (χ4n) is 1.49. The van der Waals surface area contributed by atoms with Crippen LogP contribution in [0.3, 0.4) is 0 Å². The predicted octanol–water partition coefficient (Wildman–Crippen LogP) is 0.551. The molecule has 0 aliphatic rings. The standard InChI is InChI=1S/C13H27NO5/c1-4-5-14(12-13(15)17-3)6-7-18-10-11-19-9-8-16-2/h4-12H2,1-3H3. The minimum Gasteiger partial charge on any atom is -0.468 e. The van der Waals surface area contributed by atoms with Crippen LogP contribution in [0.2, 0.25) is 0 Å². The molecule has 0 aliphatic carbocycles. The molecule has 0 aromatic rings. The summed E-state index contributed by atoms with van der Waals surface area (Å²) < 4.78 is 20.2. The maximum atomic E-state index is 11.2. The molecule has 0 saturated carbocycles. The van der Waals surface area contributed by atoms with Gasteiger partial charge in [0.2, 0.25) is 0 Å². The van der Waals surface area contributed by atoms with E-state index in [-0.39, 0.29) is 5.97 Å². The summed E-state index contributed by atoms with van der Waals surface area (Å²) in [6.07, 6.45) is 0.997. The van der Waals surface area contributed by atoms with Gasteiger partial charge < -0.3 is 18.9 Å². The van der Waals surface area contributed by atoms with Gasteiger partial charge in [-0.25, -0.2) is 0 Å². The largest absolute Gasteiger partial charge is 0.468 e. The molecule has 0 radical (unpaired) electrons. The Morgan fingerprint density at radius 3 is 2.16 bits per heavy atom. The summed E-state index contributed by atoms with van der Waals surface area (Å²) in [6, 6.07) is 0. The average Bonchev–Trinajstić information content (AvgIpc) is 2.41. The van der Waals surface area contributed by atoms with Crippen LogP contribution in [0.15, 0.2) is 0 Å². The van der Waals surface area contributed by atoms with Crippen LogP contribution in [0.5, 0.6) is 0 Å². The molecule has 0 aromatic heterocycles. The van der Waals surface area contributed by atoms with Gasteiger partial charge in [0.05, 0.1) is 46.7 Å². The Morgan fingerprint density at radius 1 is 0.947 bits per heavy atom. The molecule has 0 saturated heterocycles. The Morgan fingerprint density at radius 2 is 1.58 bits per heavy atom. The normalized spacial score (nSPS) is 10.9. The first-order valence-electron chi connectivity index (χ1n) is 6.68. The van der Waals surface area contributed by atoms with Crippen LogP contribution in [0.25, 0.3) is 0 Å². The maximum Gasteiger partial charge on any atom is 0.319 e. The van der Waals surface area contributed by atoms with E-state index < -0.39 is 0 Å². The fourth-order valence-corrected chi connectivity index (χ4v) is 1.49. The number of rotatable bonds is 13. The van der Waals surface area contributed by atoms with Gasteiger partial charge in [-0.1, -0.05) is 6.92 Å². The third-order valence-corrected chi connectivity index (χ3v) is 2.48. The molecule has 0 fully saturated rings. The van der Waals surface area contributed by atoms with Crippen molar-refractivity contribution in [2.24, 2.45) is 0 Å². The van der Waals surface area contributed by atoms with E-state index in [0.29, 0.717) is 39.6 Å². The van der Waals surface area contributed by atoms with Crippen molar-refractivity contribution in [2.75, 3.05) is 66.9 Å². The highest BCUT2D eigenvalue weighted by atomic mass is 16.5. The minimum atomic E-state index is -0.212. The average molecular weight is 277 g/mol. The summed E-state index contributed by atoms with van der Waals surface area (Å²) in [5, 5.41) is 0. The molecule has 6 heteroatoms. The van der Waals surface area contributed by atoms with E-state index >= 15 is 0 Å². The summed E-state index contributed by atoms with van der Waals surface area (Å²) in [5.41, 5.74) is 0. The van der Waals surface area contributed by atoms with Gasteiger partial charge in [0.15, 0.2) is 0 Å². The van der Waals surface area contributed by atoms with Crippen LogP contribution < -0.4 is 0 Å². The number of carbonyl (C=O) groups excluding carboxylic acids is 1. The van der Waals surface area contributed by atoms with Crippen molar-refractivity contribution in [1.29, 1.82) is 0 Å². The van der Waals surface area contributed by atoms with Crippen molar-refractivity contribution in [2.45, 2.75) is 13.3 Å². The Kier molecular flexibility index (Phi) is 13.2. The molecule has 19 heavy (non-hydrogen) atoms. The second kappa shape index (κ2) is 13.7. The Labute approximate surface area is 115 Å². The number of methoxy groups -OCH3 is 2. The third kappa shape index (κ3) is 12.1. The molecule has 0 bridgehead atoms. The number of nitrogens with zero attached hydrogens (tertiary/aromatic N) is 1. The quantitative estimate of drug-likeness (QED) is 0.362. The van der Waals surface area contributed by atoms with Crippen molar-refractivity contribution in [3.63, 3.8) is 0 Å². The van der Waals surface area contributed by atoms with Gasteiger partial charge in [-0.05, 0) is 13.0 Å². The van der Waals surface area contributed by atoms with Crippen molar-refractivity contribution in [3.05, 3.63) is 0 Å². The lowest BCUT2D eigenvalue weighted by Gasteiger charge is -2.19. The van der Waals surface area contributed by atoms with E-state index in [9.17, 15) is 4.79 Å². The summed E-state index contributed by atoms with van der Waals surface area (Å²) in [7, 11) is 3.05. The highest BCUT2D eigenvalue weighted by Gasteiger charge is 2.09. The monoisotopic (exact) mass is 277 g/mol. The zero-order valence-corrected chi connectivity index (χ0v) is 12.4. The molecule has 0 N–H and O–H groups in total. The van der Waals surface area contributed by atoms with E-state index in [0.717, 1.165) is 19.5 Å². The van der Waals surface area contributed by atoms with Gasteiger partial charge in [-0.3, -0.25) is 9.69 Å². The van der Waals surface area contributed by atoms with Gasteiger partial charge >= 0.3 is 5.97 Å². The lowest BCUT2D eigenvalue weighted by atomic mass is 10.4. The SMILES string of the molecule is CCCN(CCOCCOCCOC)CC(=O)OC. The van der Waals surface area contributed by atoms with Gasteiger partial charge in [0, 0.05) is 13.7 Å². The van der Waals surface area contributed by atoms with Crippen LogP contribution >= 0.6 is 0 Å². The summed E-state index contributed by atoms with van der Waals surface area (Å²) >= 11 is 0. The van der Waals surface area contributed by atoms with Crippen LogP contribution in [0, 0.1) is 0 Å². The number of carbonyl (C=O) groups is 1. The summed E-state index contributed by atoms with van der Waals surface area (Å²) in [4.78, 5) is 13.2. The van der Waals surface area contributed by atoms with Crippen LogP contribution in [-0.4, -0.2) is 77.8 Å². The third-order valence-electron chi connectivity index (χ3n) is 2.48. The predicted molar refractivity (Wildman–Crippen MR) is 72.3 cm³/mol. The lowest BCUT2D eigenvalue weighted by molar-refractivity contribution is -0.142. The molecule has 0 spiro atoms. The van der Waals surface area contributed by atoms with Gasteiger partial charge in [-0.2, -0.15) is 0 Å². The number of esters is 1. The molecule has 0 amide bonds. The van der Waals surface area contributed by atoms with Crippen LogP contribution in [0.4, 0.5) is 0 Å².